The van der Waals surface area contributed by atoms with E-state index in [1.54, 1.807) is 19.9 Å². The van der Waals surface area contributed by atoms with Crippen molar-refractivity contribution in [3.8, 4) is 0 Å². The number of rotatable bonds is 2. The number of hydrogen-bond donors (Lipinski definition) is 1. The van der Waals surface area contributed by atoms with Gasteiger partial charge in [-0.05, 0) is 44.4 Å². The maximum atomic E-state index is 12.2. The van der Waals surface area contributed by atoms with Crippen LogP contribution in [0.5, 0.6) is 0 Å². The number of cyclic esters (lactones) is 1. The standard InChI is InChI=1S/C16H19ClO3/c1-5-10-6-9(2)7-11(17)13(10)14-12(18)8-16(3,4)20-15(14)19/h6-7,18H,5,8H2,1-4H3. The molecule has 0 bridgehead atoms. The van der Waals surface area contributed by atoms with Gasteiger partial charge in [-0.15, -0.1) is 0 Å². The molecule has 3 nitrogen and oxygen atoms in total. The Morgan fingerprint density at radius 1 is 1.40 bits per heavy atom. The number of hydrogen-bond acceptors (Lipinski definition) is 3. The van der Waals surface area contributed by atoms with E-state index in [0.29, 0.717) is 17.0 Å². The highest BCUT2D eigenvalue weighted by Gasteiger charge is 2.36. The average molecular weight is 295 g/mol. The topological polar surface area (TPSA) is 46.5 Å². The van der Waals surface area contributed by atoms with Gasteiger partial charge in [0.1, 0.15) is 16.9 Å². The van der Waals surface area contributed by atoms with Crippen LogP contribution in [0, 0.1) is 6.92 Å². The minimum Gasteiger partial charge on any atom is -0.511 e. The number of aliphatic hydroxyl groups is 1. The first-order chi connectivity index (χ1) is 9.25. The number of esters is 1. The molecule has 1 aliphatic rings. The molecule has 1 aromatic carbocycles. The zero-order valence-electron chi connectivity index (χ0n) is 12.2. The summed E-state index contributed by atoms with van der Waals surface area (Å²) in [4.78, 5) is 12.2. The molecule has 0 aromatic heterocycles. The molecule has 0 aliphatic carbocycles. The first-order valence-electron chi connectivity index (χ1n) is 6.70. The predicted octanol–water partition coefficient (Wildman–Crippen LogP) is 4.21. The lowest BCUT2D eigenvalue weighted by Crippen LogP contribution is -2.34. The second-order valence-corrected chi connectivity index (χ2v) is 6.19. The van der Waals surface area contributed by atoms with E-state index in [1.807, 2.05) is 19.9 Å². The Morgan fingerprint density at radius 2 is 2.05 bits per heavy atom. The van der Waals surface area contributed by atoms with Gasteiger partial charge in [0.2, 0.25) is 0 Å². The molecule has 20 heavy (non-hydrogen) atoms. The Balaban J connectivity index is 2.65. The summed E-state index contributed by atoms with van der Waals surface area (Å²) in [6, 6.07) is 3.78. The molecule has 0 unspecified atom stereocenters. The number of carbonyl (C=O) groups excluding carboxylic acids is 1. The second kappa shape index (κ2) is 5.13. The summed E-state index contributed by atoms with van der Waals surface area (Å²) in [5.74, 6) is -0.467. The van der Waals surface area contributed by atoms with Gasteiger partial charge in [0.05, 0.1) is 0 Å². The second-order valence-electron chi connectivity index (χ2n) is 5.78. The Morgan fingerprint density at radius 3 is 2.60 bits per heavy atom. The zero-order valence-corrected chi connectivity index (χ0v) is 13.0. The molecule has 4 heteroatoms. The predicted molar refractivity (Wildman–Crippen MR) is 79.9 cm³/mol. The van der Waals surface area contributed by atoms with Crippen molar-refractivity contribution in [2.45, 2.75) is 46.1 Å². The lowest BCUT2D eigenvalue weighted by Gasteiger charge is -2.31. The van der Waals surface area contributed by atoms with Crippen molar-refractivity contribution in [1.82, 2.24) is 0 Å². The lowest BCUT2D eigenvalue weighted by molar-refractivity contribution is -0.151. The maximum absolute atomic E-state index is 12.2. The molecule has 1 heterocycles. The Hall–Kier alpha value is -1.48. The van der Waals surface area contributed by atoms with Crippen molar-refractivity contribution in [3.05, 3.63) is 39.6 Å². The molecule has 0 atom stereocenters. The third-order valence-corrected chi connectivity index (χ3v) is 3.70. The van der Waals surface area contributed by atoms with Crippen LogP contribution in [0.1, 0.15) is 43.9 Å². The van der Waals surface area contributed by atoms with Crippen molar-refractivity contribution in [2.24, 2.45) is 0 Å². The van der Waals surface area contributed by atoms with Crippen LogP contribution in [0.4, 0.5) is 0 Å². The average Bonchev–Trinajstić information content (AvgIpc) is 2.28. The molecule has 0 spiro atoms. The monoisotopic (exact) mass is 294 g/mol. The van der Waals surface area contributed by atoms with Crippen LogP contribution < -0.4 is 0 Å². The quantitative estimate of drug-likeness (QED) is 0.831. The minimum atomic E-state index is -0.686. The third-order valence-electron chi connectivity index (χ3n) is 3.40. The van der Waals surface area contributed by atoms with Crippen LogP contribution in [0.15, 0.2) is 17.9 Å². The van der Waals surface area contributed by atoms with Crippen molar-refractivity contribution in [3.63, 3.8) is 0 Å². The largest absolute Gasteiger partial charge is 0.511 e. The highest BCUT2D eigenvalue weighted by Crippen LogP contribution is 2.38. The molecule has 0 saturated carbocycles. The fourth-order valence-corrected chi connectivity index (χ4v) is 2.95. The van der Waals surface area contributed by atoms with Gasteiger partial charge in [0.25, 0.3) is 0 Å². The van der Waals surface area contributed by atoms with Gasteiger partial charge < -0.3 is 9.84 Å². The van der Waals surface area contributed by atoms with Crippen LogP contribution in [-0.2, 0) is 16.0 Å². The summed E-state index contributed by atoms with van der Waals surface area (Å²) in [6.45, 7) is 7.49. The van der Waals surface area contributed by atoms with Crippen LogP contribution >= 0.6 is 11.6 Å². The van der Waals surface area contributed by atoms with Gasteiger partial charge in [0.15, 0.2) is 0 Å². The number of aliphatic hydroxyl groups excluding tert-OH is 1. The van der Waals surface area contributed by atoms with Crippen LogP contribution in [0.2, 0.25) is 5.02 Å². The molecule has 1 N–H and O–H groups in total. The van der Waals surface area contributed by atoms with E-state index in [-0.39, 0.29) is 11.3 Å². The van der Waals surface area contributed by atoms with Crippen molar-refractivity contribution >= 4 is 23.1 Å². The van der Waals surface area contributed by atoms with E-state index in [1.165, 1.54) is 0 Å². The summed E-state index contributed by atoms with van der Waals surface area (Å²) in [5, 5.41) is 10.7. The fraction of sp³-hybridized carbons (Fsp3) is 0.438. The van der Waals surface area contributed by atoms with E-state index >= 15 is 0 Å². The number of halogens is 1. The first kappa shape index (κ1) is 14.9. The molecule has 108 valence electrons. The molecule has 0 saturated heterocycles. The summed E-state index contributed by atoms with van der Waals surface area (Å²) in [6.07, 6.45) is 1.02. The van der Waals surface area contributed by atoms with E-state index in [0.717, 1.165) is 17.5 Å². The van der Waals surface area contributed by atoms with Crippen LogP contribution in [0.3, 0.4) is 0 Å². The zero-order chi connectivity index (χ0) is 15.1. The smallest absolute Gasteiger partial charge is 0.342 e. The number of benzene rings is 1. The summed E-state index contributed by atoms with van der Waals surface area (Å²) in [5.41, 5.74) is 2.08. The fourth-order valence-electron chi connectivity index (χ4n) is 2.57. The van der Waals surface area contributed by atoms with Gasteiger partial charge in [-0.3, -0.25) is 0 Å². The van der Waals surface area contributed by atoms with Gasteiger partial charge >= 0.3 is 5.97 Å². The van der Waals surface area contributed by atoms with Crippen LogP contribution in [-0.4, -0.2) is 16.7 Å². The van der Waals surface area contributed by atoms with Gasteiger partial charge in [-0.25, -0.2) is 4.79 Å². The van der Waals surface area contributed by atoms with E-state index < -0.39 is 11.6 Å². The molecular weight excluding hydrogens is 276 g/mol. The summed E-state index contributed by atoms with van der Waals surface area (Å²) >= 11 is 6.30. The van der Waals surface area contributed by atoms with Crippen molar-refractivity contribution < 1.29 is 14.6 Å². The normalized spacial score (nSPS) is 18.1. The Kier molecular flexibility index (Phi) is 3.83. The minimum absolute atomic E-state index is 0.0479. The molecule has 0 amide bonds. The molecular formula is C16H19ClO3. The van der Waals surface area contributed by atoms with E-state index in [4.69, 9.17) is 16.3 Å². The summed E-state index contributed by atoms with van der Waals surface area (Å²) in [7, 11) is 0. The number of ether oxygens (including phenoxy) is 1. The highest BCUT2D eigenvalue weighted by atomic mass is 35.5. The molecule has 0 radical (unpaired) electrons. The number of aryl methyl sites for hydroxylation is 2. The van der Waals surface area contributed by atoms with Gasteiger partial charge in [-0.2, -0.15) is 0 Å². The Bertz CT molecular complexity index is 600. The van der Waals surface area contributed by atoms with Gasteiger partial charge in [0, 0.05) is 17.0 Å². The molecule has 2 rings (SSSR count). The van der Waals surface area contributed by atoms with Crippen LogP contribution in [0.25, 0.3) is 5.57 Å². The van der Waals surface area contributed by atoms with E-state index in [9.17, 15) is 9.90 Å². The first-order valence-corrected chi connectivity index (χ1v) is 7.08. The molecule has 1 aliphatic heterocycles. The molecule has 1 aromatic rings. The SMILES string of the molecule is CCc1cc(C)cc(Cl)c1C1=C(O)CC(C)(C)OC1=O. The number of carbonyl (C=O) groups is 1. The van der Waals surface area contributed by atoms with E-state index in [2.05, 4.69) is 0 Å². The van der Waals surface area contributed by atoms with Gasteiger partial charge in [-0.1, -0.05) is 24.6 Å². The highest BCUT2D eigenvalue weighted by molar-refractivity contribution is 6.35. The van der Waals surface area contributed by atoms with Crippen molar-refractivity contribution in [1.29, 1.82) is 0 Å². The Labute approximate surface area is 124 Å². The molecule has 0 fully saturated rings. The lowest BCUT2D eigenvalue weighted by atomic mass is 9.90. The third kappa shape index (κ3) is 2.68. The maximum Gasteiger partial charge on any atom is 0.342 e. The summed E-state index contributed by atoms with van der Waals surface area (Å²) < 4.78 is 5.38. The van der Waals surface area contributed by atoms with Crippen molar-refractivity contribution in [2.75, 3.05) is 0 Å².